The van der Waals surface area contributed by atoms with Gasteiger partial charge in [0.1, 0.15) is 0 Å². The molecule has 1 heterocycles. The molecule has 1 aromatic carbocycles. The Labute approximate surface area is 104 Å². The molecule has 18 heavy (non-hydrogen) atoms. The van der Waals surface area contributed by atoms with Crippen molar-refractivity contribution in [2.24, 2.45) is 5.73 Å². The van der Waals surface area contributed by atoms with Gasteiger partial charge in [-0.1, -0.05) is 12.1 Å². The van der Waals surface area contributed by atoms with Crippen molar-refractivity contribution in [1.29, 1.82) is 5.26 Å². The highest BCUT2D eigenvalue weighted by Crippen LogP contribution is 2.10. The van der Waals surface area contributed by atoms with Crippen LogP contribution in [0.5, 0.6) is 0 Å². The van der Waals surface area contributed by atoms with E-state index >= 15 is 0 Å². The lowest BCUT2D eigenvalue weighted by atomic mass is 10.0. The molecule has 2 rings (SSSR count). The van der Waals surface area contributed by atoms with Gasteiger partial charge in [-0.05, 0) is 30.5 Å². The van der Waals surface area contributed by atoms with E-state index in [1.54, 1.807) is 6.07 Å². The Morgan fingerprint density at radius 2 is 2.28 bits per heavy atom. The van der Waals surface area contributed by atoms with Crippen LogP contribution in [0.3, 0.4) is 0 Å². The van der Waals surface area contributed by atoms with Gasteiger partial charge in [-0.15, -0.1) is 0 Å². The molecule has 3 N–H and O–H groups in total. The number of benzene rings is 1. The van der Waals surface area contributed by atoms with Crippen molar-refractivity contribution < 1.29 is 4.79 Å². The normalized spacial score (nSPS) is 9.94. The predicted octanol–water partition coefficient (Wildman–Crippen LogP) is 1.17. The quantitative estimate of drug-likeness (QED) is 0.839. The van der Waals surface area contributed by atoms with Gasteiger partial charge in [0, 0.05) is 5.69 Å². The largest absolute Gasteiger partial charge is 0.365 e. The van der Waals surface area contributed by atoms with Crippen LogP contribution in [-0.4, -0.2) is 16.1 Å². The number of hydrogen-bond acceptors (Lipinski definition) is 3. The van der Waals surface area contributed by atoms with E-state index in [0.29, 0.717) is 17.5 Å². The smallest absolute Gasteiger partial charge is 0.252 e. The Hall–Kier alpha value is -2.61. The van der Waals surface area contributed by atoms with Crippen molar-refractivity contribution in [3.8, 4) is 6.07 Å². The van der Waals surface area contributed by atoms with Crippen LogP contribution >= 0.6 is 0 Å². The SMILES string of the molecule is N#Cc1cccc(CCc2[nH]ncc2C(N)=O)c1. The lowest BCUT2D eigenvalue weighted by Crippen LogP contribution is -2.12. The molecule has 90 valence electrons. The molecular weight excluding hydrogens is 228 g/mol. The maximum Gasteiger partial charge on any atom is 0.252 e. The number of aromatic amines is 1. The molecule has 0 atom stereocenters. The number of nitrogens with two attached hydrogens (primary N) is 1. The molecule has 2 aromatic rings. The molecular formula is C13H12N4O. The third kappa shape index (κ3) is 2.55. The fraction of sp³-hybridized carbons (Fsp3) is 0.154. The zero-order chi connectivity index (χ0) is 13.0. The highest BCUT2D eigenvalue weighted by Gasteiger charge is 2.10. The minimum atomic E-state index is -0.482. The van der Waals surface area contributed by atoms with E-state index in [4.69, 9.17) is 11.0 Å². The van der Waals surface area contributed by atoms with E-state index < -0.39 is 5.91 Å². The van der Waals surface area contributed by atoms with Crippen LogP contribution in [0.1, 0.15) is 27.2 Å². The van der Waals surface area contributed by atoms with E-state index in [0.717, 1.165) is 17.7 Å². The van der Waals surface area contributed by atoms with Crippen LogP contribution in [0.25, 0.3) is 0 Å². The first-order chi connectivity index (χ1) is 8.70. The van der Waals surface area contributed by atoms with Gasteiger partial charge in [-0.2, -0.15) is 10.4 Å². The topological polar surface area (TPSA) is 95.6 Å². The van der Waals surface area contributed by atoms with E-state index in [1.165, 1.54) is 6.20 Å². The van der Waals surface area contributed by atoms with Crippen molar-refractivity contribution in [3.05, 3.63) is 52.8 Å². The molecule has 5 heteroatoms. The van der Waals surface area contributed by atoms with Crippen molar-refractivity contribution in [1.82, 2.24) is 10.2 Å². The summed E-state index contributed by atoms with van der Waals surface area (Å²) in [5.41, 5.74) is 8.05. The minimum absolute atomic E-state index is 0.423. The second-order valence-corrected chi connectivity index (χ2v) is 3.94. The Bertz CT molecular complexity index is 609. The first kappa shape index (κ1) is 11.9. The zero-order valence-electron chi connectivity index (χ0n) is 9.68. The van der Waals surface area contributed by atoms with E-state index in [-0.39, 0.29) is 0 Å². The van der Waals surface area contributed by atoms with Gasteiger partial charge in [0.25, 0.3) is 5.91 Å². The molecule has 0 aliphatic rings. The summed E-state index contributed by atoms with van der Waals surface area (Å²) in [5.74, 6) is -0.482. The molecule has 0 saturated heterocycles. The number of hydrogen-bond donors (Lipinski definition) is 2. The monoisotopic (exact) mass is 240 g/mol. The number of aromatic nitrogens is 2. The molecule has 1 amide bonds. The number of nitrogens with one attached hydrogen (secondary N) is 1. The first-order valence-electron chi connectivity index (χ1n) is 5.52. The number of nitriles is 1. The maximum absolute atomic E-state index is 11.1. The summed E-state index contributed by atoms with van der Waals surface area (Å²) >= 11 is 0. The minimum Gasteiger partial charge on any atom is -0.365 e. The molecule has 0 aliphatic carbocycles. The lowest BCUT2D eigenvalue weighted by molar-refractivity contribution is 0.0999. The molecule has 0 aliphatic heterocycles. The molecule has 0 saturated carbocycles. The number of aryl methyl sites for hydroxylation is 2. The van der Waals surface area contributed by atoms with Gasteiger partial charge in [-0.3, -0.25) is 9.89 Å². The zero-order valence-corrected chi connectivity index (χ0v) is 9.68. The Morgan fingerprint density at radius 1 is 1.44 bits per heavy atom. The van der Waals surface area contributed by atoms with Gasteiger partial charge >= 0.3 is 0 Å². The Balaban J connectivity index is 2.09. The summed E-state index contributed by atoms with van der Waals surface area (Å²) in [4.78, 5) is 11.1. The molecule has 0 unspecified atom stereocenters. The summed E-state index contributed by atoms with van der Waals surface area (Å²) in [6.07, 6.45) is 2.79. The fourth-order valence-electron chi connectivity index (χ4n) is 1.78. The molecule has 0 bridgehead atoms. The van der Waals surface area contributed by atoms with Gasteiger partial charge in [-0.25, -0.2) is 0 Å². The van der Waals surface area contributed by atoms with Crippen molar-refractivity contribution in [2.45, 2.75) is 12.8 Å². The summed E-state index contributed by atoms with van der Waals surface area (Å²) in [7, 11) is 0. The third-order valence-electron chi connectivity index (χ3n) is 2.70. The number of rotatable bonds is 4. The summed E-state index contributed by atoms with van der Waals surface area (Å²) < 4.78 is 0. The van der Waals surface area contributed by atoms with Crippen LogP contribution in [0, 0.1) is 11.3 Å². The summed E-state index contributed by atoms with van der Waals surface area (Å²) in [6.45, 7) is 0. The number of primary amides is 1. The molecule has 0 spiro atoms. The number of H-pyrrole nitrogens is 1. The maximum atomic E-state index is 11.1. The number of carbonyl (C=O) groups is 1. The number of amides is 1. The molecule has 5 nitrogen and oxygen atoms in total. The van der Waals surface area contributed by atoms with Crippen molar-refractivity contribution >= 4 is 5.91 Å². The van der Waals surface area contributed by atoms with Crippen LogP contribution in [-0.2, 0) is 12.8 Å². The average Bonchev–Trinajstić information content (AvgIpc) is 2.85. The highest BCUT2D eigenvalue weighted by molar-refractivity contribution is 5.93. The highest BCUT2D eigenvalue weighted by atomic mass is 16.1. The van der Waals surface area contributed by atoms with Crippen LogP contribution in [0.2, 0.25) is 0 Å². The van der Waals surface area contributed by atoms with Crippen LogP contribution in [0.15, 0.2) is 30.5 Å². The standard InChI is InChI=1S/C13H12N4O/c14-7-10-3-1-2-9(6-10)4-5-12-11(13(15)18)8-16-17-12/h1-3,6,8H,4-5H2,(H2,15,18)(H,16,17). The first-order valence-corrected chi connectivity index (χ1v) is 5.52. The number of nitrogens with zero attached hydrogens (tertiary/aromatic N) is 2. The lowest BCUT2D eigenvalue weighted by Gasteiger charge is -2.02. The van der Waals surface area contributed by atoms with Gasteiger partial charge in [0.2, 0.25) is 0 Å². The molecule has 1 aromatic heterocycles. The molecule has 0 fully saturated rings. The van der Waals surface area contributed by atoms with E-state index in [1.807, 2.05) is 18.2 Å². The Kier molecular flexibility index (Phi) is 3.39. The second kappa shape index (κ2) is 5.15. The third-order valence-corrected chi connectivity index (χ3v) is 2.70. The van der Waals surface area contributed by atoms with E-state index in [9.17, 15) is 4.79 Å². The van der Waals surface area contributed by atoms with Crippen LogP contribution < -0.4 is 5.73 Å². The van der Waals surface area contributed by atoms with Gasteiger partial charge in [0.05, 0.1) is 23.4 Å². The van der Waals surface area contributed by atoms with Gasteiger partial charge < -0.3 is 5.73 Å². The predicted molar refractivity (Wildman–Crippen MR) is 65.7 cm³/mol. The summed E-state index contributed by atoms with van der Waals surface area (Å²) in [5, 5.41) is 15.4. The molecule has 0 radical (unpaired) electrons. The van der Waals surface area contributed by atoms with Crippen molar-refractivity contribution in [2.75, 3.05) is 0 Å². The fourth-order valence-corrected chi connectivity index (χ4v) is 1.78. The van der Waals surface area contributed by atoms with E-state index in [2.05, 4.69) is 16.3 Å². The van der Waals surface area contributed by atoms with Gasteiger partial charge in [0.15, 0.2) is 0 Å². The second-order valence-electron chi connectivity index (χ2n) is 3.94. The van der Waals surface area contributed by atoms with Crippen molar-refractivity contribution in [3.63, 3.8) is 0 Å². The average molecular weight is 240 g/mol. The number of carbonyl (C=O) groups excluding carboxylic acids is 1. The Morgan fingerprint density at radius 3 is 3.00 bits per heavy atom. The summed E-state index contributed by atoms with van der Waals surface area (Å²) in [6, 6.07) is 9.48. The van der Waals surface area contributed by atoms with Crippen LogP contribution in [0.4, 0.5) is 0 Å².